The Balaban J connectivity index is 3.24. The zero-order valence-electron chi connectivity index (χ0n) is 8.17. The molecule has 0 fully saturated rings. The number of carbonyl (C=O) groups is 1. The van der Waals surface area contributed by atoms with Crippen LogP contribution in [0.25, 0.3) is 0 Å². The van der Waals surface area contributed by atoms with Gasteiger partial charge >= 0.3 is 5.97 Å². The molecule has 0 amide bonds. The molecule has 0 radical (unpaired) electrons. The highest BCUT2D eigenvalue weighted by atomic mass is 35.5. The third-order valence-electron chi connectivity index (χ3n) is 2.13. The van der Waals surface area contributed by atoms with E-state index in [1.165, 1.54) is 18.2 Å². The zero-order valence-corrected chi connectivity index (χ0v) is 8.92. The van der Waals surface area contributed by atoms with Crippen molar-refractivity contribution in [2.75, 3.05) is 6.61 Å². The minimum atomic E-state index is -1.54. The smallest absolute Gasteiger partial charge is 0.336 e. The van der Waals surface area contributed by atoms with Crippen LogP contribution >= 0.6 is 11.6 Å². The molecule has 0 spiro atoms. The van der Waals surface area contributed by atoms with E-state index in [9.17, 15) is 15.0 Å². The first-order valence-corrected chi connectivity index (χ1v) is 4.85. The maximum atomic E-state index is 10.9. The second-order valence-electron chi connectivity index (χ2n) is 3.20. The Morgan fingerprint density at radius 3 is 2.50 bits per heavy atom. The fourth-order valence-corrected chi connectivity index (χ4v) is 1.60. The first-order valence-electron chi connectivity index (χ1n) is 4.47. The minimum Gasteiger partial charge on any atom is -0.478 e. The van der Waals surface area contributed by atoms with E-state index in [4.69, 9.17) is 21.8 Å². The molecule has 1 rings (SSSR count). The number of benzene rings is 1. The molecule has 2 unspecified atom stereocenters. The number of halogens is 1. The Morgan fingerprint density at radius 2 is 2.00 bits per heavy atom. The summed E-state index contributed by atoms with van der Waals surface area (Å²) >= 11 is 5.75. The van der Waals surface area contributed by atoms with Crippen LogP contribution in [0.4, 0.5) is 0 Å². The molecule has 4 N–H and O–H groups in total. The number of aliphatic hydroxyl groups excluding tert-OH is 3. The molecule has 2 atom stereocenters. The summed E-state index contributed by atoms with van der Waals surface area (Å²) in [7, 11) is 0. The molecule has 16 heavy (non-hydrogen) atoms. The van der Waals surface area contributed by atoms with E-state index in [1.54, 1.807) is 0 Å². The van der Waals surface area contributed by atoms with Crippen LogP contribution in [0.2, 0.25) is 5.02 Å². The third kappa shape index (κ3) is 2.51. The molecule has 0 aliphatic rings. The van der Waals surface area contributed by atoms with Gasteiger partial charge in [0, 0.05) is 10.6 Å². The van der Waals surface area contributed by atoms with Crippen LogP contribution in [0.5, 0.6) is 0 Å². The van der Waals surface area contributed by atoms with Gasteiger partial charge in [-0.05, 0) is 12.1 Å². The number of rotatable bonds is 4. The number of aliphatic hydroxyl groups is 3. The van der Waals surface area contributed by atoms with Gasteiger partial charge in [-0.1, -0.05) is 17.7 Å². The largest absolute Gasteiger partial charge is 0.478 e. The van der Waals surface area contributed by atoms with Crippen molar-refractivity contribution in [3.63, 3.8) is 0 Å². The molecule has 0 aliphatic carbocycles. The Kier molecular flexibility index (Phi) is 4.26. The summed E-state index contributed by atoms with van der Waals surface area (Å²) in [6.45, 7) is -0.689. The van der Waals surface area contributed by atoms with Gasteiger partial charge < -0.3 is 20.4 Å². The van der Waals surface area contributed by atoms with Crippen molar-refractivity contribution in [1.82, 2.24) is 0 Å². The lowest BCUT2D eigenvalue weighted by atomic mass is 9.99. The Hall–Kier alpha value is -1.14. The van der Waals surface area contributed by atoms with E-state index >= 15 is 0 Å². The van der Waals surface area contributed by atoms with Gasteiger partial charge in [0.25, 0.3) is 0 Å². The van der Waals surface area contributed by atoms with Crippen molar-refractivity contribution in [2.24, 2.45) is 0 Å². The third-order valence-corrected chi connectivity index (χ3v) is 2.46. The van der Waals surface area contributed by atoms with Gasteiger partial charge in [-0.15, -0.1) is 0 Å². The second kappa shape index (κ2) is 5.27. The molecule has 1 aromatic rings. The fourth-order valence-electron chi connectivity index (χ4n) is 1.32. The van der Waals surface area contributed by atoms with E-state index in [0.29, 0.717) is 0 Å². The number of hydrogen-bond donors (Lipinski definition) is 4. The average Bonchev–Trinajstić information content (AvgIpc) is 2.26. The van der Waals surface area contributed by atoms with Crippen molar-refractivity contribution in [3.8, 4) is 0 Å². The topological polar surface area (TPSA) is 98.0 Å². The molecule has 0 heterocycles. The van der Waals surface area contributed by atoms with Crippen molar-refractivity contribution < 1.29 is 25.2 Å². The monoisotopic (exact) mass is 246 g/mol. The van der Waals surface area contributed by atoms with E-state index in [2.05, 4.69) is 0 Å². The van der Waals surface area contributed by atoms with Gasteiger partial charge in [-0.25, -0.2) is 4.79 Å². The lowest BCUT2D eigenvalue weighted by Crippen LogP contribution is -2.24. The summed E-state index contributed by atoms with van der Waals surface area (Å²) in [6.07, 6.45) is -3.01. The predicted octanol–water partition coefficient (Wildman–Crippen LogP) is 0.425. The van der Waals surface area contributed by atoms with Crippen molar-refractivity contribution >= 4 is 17.6 Å². The molecule has 88 valence electrons. The summed E-state index contributed by atoms with van der Waals surface area (Å²) in [5, 5.41) is 36.5. The van der Waals surface area contributed by atoms with Crippen molar-refractivity contribution in [1.29, 1.82) is 0 Å². The zero-order chi connectivity index (χ0) is 12.3. The highest BCUT2D eigenvalue weighted by Crippen LogP contribution is 2.28. The maximum Gasteiger partial charge on any atom is 0.336 e. The highest BCUT2D eigenvalue weighted by Gasteiger charge is 2.25. The molecule has 0 aromatic heterocycles. The van der Waals surface area contributed by atoms with Crippen LogP contribution in [0.15, 0.2) is 18.2 Å². The van der Waals surface area contributed by atoms with E-state index in [-0.39, 0.29) is 16.1 Å². The van der Waals surface area contributed by atoms with Crippen LogP contribution in [-0.4, -0.2) is 39.1 Å². The van der Waals surface area contributed by atoms with E-state index < -0.39 is 24.8 Å². The van der Waals surface area contributed by atoms with Crippen LogP contribution in [0.1, 0.15) is 22.0 Å². The summed E-state index contributed by atoms with van der Waals surface area (Å²) < 4.78 is 0. The lowest BCUT2D eigenvalue weighted by Gasteiger charge is -2.18. The first kappa shape index (κ1) is 12.9. The summed E-state index contributed by atoms with van der Waals surface area (Å²) in [5.41, 5.74) is -0.300. The molecular weight excluding hydrogens is 236 g/mol. The van der Waals surface area contributed by atoms with E-state index in [1.807, 2.05) is 0 Å². The normalized spacial score (nSPS) is 14.5. The summed E-state index contributed by atoms with van der Waals surface area (Å²) in [4.78, 5) is 10.9. The molecule has 5 nitrogen and oxygen atoms in total. The van der Waals surface area contributed by atoms with Crippen LogP contribution in [0.3, 0.4) is 0 Å². The van der Waals surface area contributed by atoms with Gasteiger partial charge in [0.2, 0.25) is 0 Å². The van der Waals surface area contributed by atoms with Crippen LogP contribution in [-0.2, 0) is 0 Å². The molecule has 0 saturated heterocycles. The van der Waals surface area contributed by atoms with Crippen molar-refractivity contribution in [3.05, 3.63) is 34.3 Å². The molecule has 0 bridgehead atoms. The van der Waals surface area contributed by atoms with Gasteiger partial charge in [0.1, 0.15) is 12.2 Å². The standard InChI is InChI=1S/C10H11ClO5/c11-6-3-1-2-5(10(15)16)8(6)9(14)7(13)4-12/h1-3,7,9,12-14H,4H2,(H,15,16). The lowest BCUT2D eigenvalue weighted by molar-refractivity contribution is -0.0157. The van der Waals surface area contributed by atoms with Crippen molar-refractivity contribution in [2.45, 2.75) is 12.2 Å². The summed E-state index contributed by atoms with van der Waals surface area (Å²) in [5.74, 6) is -1.26. The number of hydrogen-bond acceptors (Lipinski definition) is 4. The molecule has 1 aromatic carbocycles. The Labute approximate surface area is 96.5 Å². The van der Waals surface area contributed by atoms with E-state index in [0.717, 1.165) is 0 Å². The minimum absolute atomic E-state index is 0.0277. The van der Waals surface area contributed by atoms with Gasteiger partial charge in [0.05, 0.1) is 12.2 Å². The molecule has 0 aliphatic heterocycles. The Morgan fingerprint density at radius 1 is 1.38 bits per heavy atom. The second-order valence-corrected chi connectivity index (χ2v) is 3.61. The van der Waals surface area contributed by atoms with Gasteiger partial charge in [-0.3, -0.25) is 0 Å². The SMILES string of the molecule is O=C(O)c1cccc(Cl)c1C(O)C(O)CO. The quantitative estimate of drug-likeness (QED) is 0.617. The fraction of sp³-hybridized carbons (Fsp3) is 0.300. The Bertz CT molecular complexity index is 393. The van der Waals surface area contributed by atoms with Gasteiger partial charge in [0.15, 0.2) is 0 Å². The predicted molar refractivity (Wildman–Crippen MR) is 56.5 cm³/mol. The number of carboxylic acid groups (broad SMARTS) is 1. The highest BCUT2D eigenvalue weighted by molar-refractivity contribution is 6.31. The molecular formula is C10H11ClO5. The van der Waals surface area contributed by atoms with Crippen LogP contribution in [0, 0.1) is 0 Å². The number of carboxylic acids is 1. The van der Waals surface area contributed by atoms with Gasteiger partial charge in [-0.2, -0.15) is 0 Å². The number of aromatic carboxylic acids is 1. The molecule has 0 saturated carbocycles. The maximum absolute atomic E-state index is 10.9. The summed E-state index contributed by atoms with van der Waals surface area (Å²) in [6, 6.07) is 4.08. The first-order chi connectivity index (χ1) is 7.49. The average molecular weight is 247 g/mol. The molecule has 6 heteroatoms. The van der Waals surface area contributed by atoms with Crippen LogP contribution < -0.4 is 0 Å².